The number of carbonyl (C=O) groups is 1. The topological polar surface area (TPSA) is 87.2 Å². The molecule has 0 radical (unpaired) electrons. The third-order valence-corrected chi connectivity index (χ3v) is 5.21. The van der Waals surface area contributed by atoms with E-state index in [9.17, 15) is 18.0 Å². The molecule has 0 aliphatic carbocycles. The van der Waals surface area contributed by atoms with Gasteiger partial charge in [-0.25, -0.2) is 4.98 Å². The van der Waals surface area contributed by atoms with Crippen molar-refractivity contribution in [2.45, 2.75) is 25.7 Å². The lowest BCUT2D eigenvalue weighted by atomic mass is 9.97. The number of carboxylic acids is 1. The van der Waals surface area contributed by atoms with Crippen molar-refractivity contribution in [1.82, 2.24) is 15.3 Å². The van der Waals surface area contributed by atoms with Crippen LogP contribution in [0.4, 0.5) is 13.2 Å². The van der Waals surface area contributed by atoms with Crippen LogP contribution in [0.5, 0.6) is 5.75 Å². The van der Waals surface area contributed by atoms with Crippen LogP contribution in [0.15, 0.2) is 66.9 Å². The molecule has 2 aromatic carbocycles. The lowest BCUT2D eigenvalue weighted by molar-refractivity contribution is -0.137. The van der Waals surface area contributed by atoms with Crippen LogP contribution in [0.3, 0.4) is 0 Å². The molecule has 3 N–H and O–H groups in total. The first-order valence-corrected chi connectivity index (χ1v) is 10.6. The van der Waals surface area contributed by atoms with Gasteiger partial charge in [-0.3, -0.25) is 4.79 Å². The van der Waals surface area contributed by atoms with Gasteiger partial charge in [0.15, 0.2) is 0 Å². The molecule has 4 aromatic rings. The number of aromatic amines is 1. The Morgan fingerprint density at radius 3 is 2.62 bits per heavy atom. The van der Waals surface area contributed by atoms with Crippen molar-refractivity contribution < 1.29 is 27.8 Å². The molecular formula is C25H22F3N3O3. The van der Waals surface area contributed by atoms with E-state index >= 15 is 0 Å². The summed E-state index contributed by atoms with van der Waals surface area (Å²) in [5.74, 6) is -0.442. The number of benzene rings is 2. The van der Waals surface area contributed by atoms with Crippen LogP contribution in [-0.4, -0.2) is 27.6 Å². The standard InChI is InChI=1S/C25H22F3N3O3/c26-25(27,28)22-10-16(6-7-21(22)17-4-2-1-3-5-17)15-34-20-12-18-11-19(31-24(18)30-14-20)13-29-9-8-23(32)33/h1-7,10-12,14,29H,8-9,13,15H2,(H,30,31)(H,32,33). The van der Waals surface area contributed by atoms with Crippen LogP contribution in [0.1, 0.15) is 23.2 Å². The van der Waals surface area contributed by atoms with Gasteiger partial charge in [-0.2, -0.15) is 13.2 Å². The highest BCUT2D eigenvalue weighted by atomic mass is 19.4. The molecule has 0 amide bonds. The van der Waals surface area contributed by atoms with Crippen molar-refractivity contribution in [3.63, 3.8) is 0 Å². The number of nitrogens with zero attached hydrogens (tertiary/aromatic N) is 1. The van der Waals surface area contributed by atoms with E-state index in [0.717, 1.165) is 17.1 Å². The minimum Gasteiger partial charge on any atom is -0.487 e. The monoisotopic (exact) mass is 469 g/mol. The van der Waals surface area contributed by atoms with Gasteiger partial charge in [0, 0.05) is 24.2 Å². The Labute approximate surface area is 193 Å². The number of aliphatic carboxylic acids is 1. The first-order valence-electron chi connectivity index (χ1n) is 10.6. The molecule has 0 bridgehead atoms. The van der Waals surface area contributed by atoms with Crippen LogP contribution in [0.2, 0.25) is 0 Å². The van der Waals surface area contributed by atoms with Crippen LogP contribution in [0.25, 0.3) is 22.2 Å². The lowest BCUT2D eigenvalue weighted by Crippen LogP contribution is -2.17. The Balaban J connectivity index is 1.46. The number of pyridine rings is 1. The summed E-state index contributed by atoms with van der Waals surface area (Å²) in [6.45, 7) is 0.753. The molecule has 0 spiro atoms. The summed E-state index contributed by atoms with van der Waals surface area (Å²) in [7, 11) is 0. The van der Waals surface area contributed by atoms with Crippen molar-refractivity contribution in [2.24, 2.45) is 0 Å². The number of fused-ring (bicyclic) bond motifs is 1. The molecule has 34 heavy (non-hydrogen) atoms. The smallest absolute Gasteiger partial charge is 0.417 e. The maximum Gasteiger partial charge on any atom is 0.417 e. The molecule has 0 aliphatic heterocycles. The van der Waals surface area contributed by atoms with E-state index in [0.29, 0.717) is 35.6 Å². The number of halogens is 3. The molecule has 0 atom stereocenters. The normalized spacial score (nSPS) is 11.6. The SMILES string of the molecule is O=C(O)CCNCc1cc2cc(OCc3ccc(-c4ccccc4)c(C(F)(F)F)c3)cnc2[nH]1. The maximum atomic E-state index is 13.7. The Kier molecular flexibility index (Phi) is 6.83. The first kappa shape index (κ1) is 23.3. The molecular weight excluding hydrogens is 447 g/mol. The number of H-pyrrole nitrogens is 1. The van der Waals surface area contributed by atoms with E-state index in [2.05, 4.69) is 15.3 Å². The number of aromatic nitrogens is 2. The van der Waals surface area contributed by atoms with E-state index < -0.39 is 17.7 Å². The number of hydrogen-bond acceptors (Lipinski definition) is 4. The highest BCUT2D eigenvalue weighted by Gasteiger charge is 2.34. The molecule has 0 fully saturated rings. The highest BCUT2D eigenvalue weighted by Crippen LogP contribution is 2.37. The zero-order valence-corrected chi connectivity index (χ0v) is 18.0. The predicted molar refractivity (Wildman–Crippen MR) is 121 cm³/mol. The van der Waals surface area contributed by atoms with Gasteiger partial charge in [-0.05, 0) is 34.9 Å². The van der Waals surface area contributed by atoms with Crippen molar-refractivity contribution in [3.8, 4) is 16.9 Å². The van der Waals surface area contributed by atoms with Crippen LogP contribution in [-0.2, 0) is 24.1 Å². The summed E-state index contributed by atoms with van der Waals surface area (Å²) in [4.78, 5) is 18.0. The van der Waals surface area contributed by atoms with Gasteiger partial charge >= 0.3 is 12.1 Å². The maximum absolute atomic E-state index is 13.7. The van der Waals surface area contributed by atoms with Gasteiger partial charge in [-0.1, -0.05) is 42.5 Å². The molecule has 4 rings (SSSR count). The predicted octanol–water partition coefficient (Wildman–Crippen LogP) is 5.39. The number of hydrogen-bond donors (Lipinski definition) is 3. The van der Waals surface area contributed by atoms with Crippen LogP contribution >= 0.6 is 0 Å². The third kappa shape index (κ3) is 5.74. The minimum absolute atomic E-state index is 0.0266. The summed E-state index contributed by atoms with van der Waals surface area (Å²) < 4.78 is 46.9. The summed E-state index contributed by atoms with van der Waals surface area (Å²) >= 11 is 0. The Hall–Kier alpha value is -3.85. The quantitative estimate of drug-likeness (QED) is 0.286. The van der Waals surface area contributed by atoms with Crippen molar-refractivity contribution in [2.75, 3.05) is 6.54 Å². The molecule has 0 saturated heterocycles. The lowest BCUT2D eigenvalue weighted by Gasteiger charge is -2.15. The fraction of sp³-hybridized carbons (Fsp3) is 0.200. The highest BCUT2D eigenvalue weighted by molar-refractivity contribution is 5.77. The average molecular weight is 469 g/mol. The zero-order valence-electron chi connectivity index (χ0n) is 18.0. The molecule has 6 nitrogen and oxygen atoms in total. The molecule has 0 aliphatic rings. The van der Waals surface area contributed by atoms with Gasteiger partial charge < -0.3 is 20.1 Å². The Morgan fingerprint density at radius 2 is 1.88 bits per heavy atom. The number of nitrogens with one attached hydrogen (secondary N) is 2. The minimum atomic E-state index is -4.50. The number of ether oxygens (including phenoxy) is 1. The summed E-state index contributed by atoms with van der Waals surface area (Å²) in [6, 6.07) is 16.3. The first-order chi connectivity index (χ1) is 16.3. The molecule has 0 saturated carbocycles. The Morgan fingerprint density at radius 1 is 1.09 bits per heavy atom. The molecule has 176 valence electrons. The number of rotatable bonds is 9. The van der Waals surface area contributed by atoms with Gasteiger partial charge in [-0.15, -0.1) is 0 Å². The van der Waals surface area contributed by atoms with Gasteiger partial charge in [0.1, 0.15) is 18.0 Å². The van der Waals surface area contributed by atoms with Gasteiger partial charge in [0.25, 0.3) is 0 Å². The van der Waals surface area contributed by atoms with Crippen molar-refractivity contribution >= 4 is 17.0 Å². The summed E-state index contributed by atoms with van der Waals surface area (Å²) in [5, 5.41) is 12.5. The second-order valence-electron chi connectivity index (χ2n) is 7.76. The molecule has 0 unspecified atom stereocenters. The van der Waals surface area contributed by atoms with E-state index in [1.807, 2.05) is 6.07 Å². The van der Waals surface area contributed by atoms with E-state index in [1.165, 1.54) is 12.3 Å². The van der Waals surface area contributed by atoms with Crippen molar-refractivity contribution in [3.05, 3.63) is 83.7 Å². The third-order valence-electron chi connectivity index (χ3n) is 5.21. The molecule has 2 heterocycles. The van der Waals surface area contributed by atoms with E-state index in [1.54, 1.807) is 42.5 Å². The summed E-state index contributed by atoms with van der Waals surface area (Å²) in [5.41, 5.74) is 1.77. The van der Waals surface area contributed by atoms with E-state index in [4.69, 9.17) is 9.84 Å². The molecule has 2 aromatic heterocycles. The largest absolute Gasteiger partial charge is 0.487 e. The van der Waals surface area contributed by atoms with E-state index in [-0.39, 0.29) is 18.6 Å². The average Bonchev–Trinajstić information content (AvgIpc) is 3.22. The summed E-state index contributed by atoms with van der Waals surface area (Å²) in [6.07, 6.45) is -2.97. The van der Waals surface area contributed by atoms with Gasteiger partial charge in [0.05, 0.1) is 18.2 Å². The second-order valence-corrected chi connectivity index (χ2v) is 7.76. The molecule has 9 heteroatoms. The van der Waals surface area contributed by atoms with Gasteiger partial charge in [0.2, 0.25) is 0 Å². The fourth-order valence-electron chi connectivity index (χ4n) is 3.60. The number of carboxylic acid groups (broad SMARTS) is 1. The van der Waals surface area contributed by atoms with Crippen LogP contribution < -0.4 is 10.1 Å². The Bertz CT molecular complexity index is 1290. The van der Waals surface area contributed by atoms with Crippen molar-refractivity contribution in [1.29, 1.82) is 0 Å². The second kappa shape index (κ2) is 9.96. The van der Waals surface area contributed by atoms with Crippen LogP contribution in [0, 0.1) is 0 Å². The number of alkyl halides is 3. The zero-order chi connectivity index (χ0) is 24.1. The fourth-order valence-corrected chi connectivity index (χ4v) is 3.60.